The third kappa shape index (κ3) is 5.09. The molecule has 0 amide bonds. The second-order valence-electron chi connectivity index (χ2n) is 5.08. The average Bonchev–Trinajstić information content (AvgIpc) is 2.27. The van der Waals surface area contributed by atoms with Crippen LogP contribution >= 0.6 is 11.6 Å². The van der Waals surface area contributed by atoms with E-state index in [1.54, 1.807) is 12.1 Å². The van der Waals surface area contributed by atoms with Crippen molar-refractivity contribution in [2.24, 2.45) is 10.6 Å². The molecule has 0 saturated carbocycles. The number of oxime groups is 1. The maximum Gasteiger partial charge on any atom is 0.175 e. The Morgan fingerprint density at radius 2 is 2.12 bits per heavy atom. The molecule has 0 heterocycles. The Kier molecular flexibility index (Phi) is 4.82. The minimum atomic E-state index is 0.0614. The summed E-state index contributed by atoms with van der Waals surface area (Å²) < 4.78 is 5.62. The molecule has 0 bridgehead atoms. The summed E-state index contributed by atoms with van der Waals surface area (Å²) in [6, 6.07) is 7.19. The van der Waals surface area contributed by atoms with E-state index in [9.17, 15) is 0 Å². The summed E-state index contributed by atoms with van der Waals surface area (Å²) in [5.41, 5.74) is 0.893. The third-order valence-electron chi connectivity index (χ3n) is 2.28. The summed E-state index contributed by atoms with van der Waals surface area (Å²) in [7, 11) is 0. The molecule has 0 aliphatic rings. The molecule has 0 radical (unpaired) electrons. The molecule has 0 unspecified atom stereocenters. The normalized spacial score (nSPS) is 12.6. The molecule has 0 atom stereocenters. The predicted octanol–water partition coefficient (Wildman–Crippen LogP) is 3.88. The van der Waals surface area contributed by atoms with Crippen LogP contribution in [0.15, 0.2) is 29.4 Å². The first-order chi connectivity index (χ1) is 7.92. The van der Waals surface area contributed by atoms with Gasteiger partial charge in [0, 0.05) is 5.56 Å². The molecule has 1 aromatic carbocycles. The standard InChI is InChI=1S/C13H18ClNO2/c1-13(2,3)7-8-17-11-6-4-5-10(9-11)12(14)15-16/h4-6,9,16H,7-8H2,1-3H3. The number of hydrogen-bond donors (Lipinski definition) is 1. The smallest absolute Gasteiger partial charge is 0.175 e. The van der Waals surface area contributed by atoms with E-state index in [1.807, 2.05) is 12.1 Å². The Morgan fingerprint density at radius 3 is 2.71 bits per heavy atom. The Morgan fingerprint density at radius 1 is 1.41 bits per heavy atom. The molecule has 0 saturated heterocycles. The highest BCUT2D eigenvalue weighted by atomic mass is 35.5. The third-order valence-corrected chi connectivity index (χ3v) is 2.57. The minimum absolute atomic E-state index is 0.0614. The van der Waals surface area contributed by atoms with Gasteiger partial charge in [-0.25, -0.2) is 0 Å². The SMILES string of the molecule is CC(C)(C)CCOc1cccc(C(Cl)=NO)c1. The molecule has 1 N–H and O–H groups in total. The second-order valence-corrected chi connectivity index (χ2v) is 5.44. The summed E-state index contributed by atoms with van der Waals surface area (Å²) in [6.45, 7) is 7.16. The first-order valence-electron chi connectivity index (χ1n) is 5.53. The molecule has 3 nitrogen and oxygen atoms in total. The number of hydrogen-bond acceptors (Lipinski definition) is 3. The van der Waals surface area contributed by atoms with Gasteiger partial charge in [0.25, 0.3) is 0 Å². The summed E-state index contributed by atoms with van der Waals surface area (Å²) in [5, 5.41) is 11.6. The van der Waals surface area contributed by atoms with Gasteiger partial charge < -0.3 is 9.94 Å². The molecule has 17 heavy (non-hydrogen) atoms. The van der Waals surface area contributed by atoms with Gasteiger partial charge in [-0.05, 0) is 24.0 Å². The fraction of sp³-hybridized carbons (Fsp3) is 0.462. The maximum atomic E-state index is 8.58. The summed E-state index contributed by atoms with van der Waals surface area (Å²) in [5.74, 6) is 0.730. The molecule has 0 aromatic heterocycles. The van der Waals surface area contributed by atoms with Crippen LogP contribution in [0.3, 0.4) is 0 Å². The van der Waals surface area contributed by atoms with Gasteiger partial charge in [0.1, 0.15) is 5.75 Å². The Labute approximate surface area is 107 Å². The van der Waals surface area contributed by atoms with Gasteiger partial charge in [0.15, 0.2) is 5.17 Å². The Balaban J connectivity index is 2.61. The van der Waals surface area contributed by atoms with Crippen LogP contribution in [0.25, 0.3) is 0 Å². The van der Waals surface area contributed by atoms with Crippen molar-refractivity contribution in [1.29, 1.82) is 0 Å². The zero-order valence-electron chi connectivity index (χ0n) is 10.4. The summed E-state index contributed by atoms with van der Waals surface area (Å²) in [4.78, 5) is 0. The lowest BCUT2D eigenvalue weighted by Gasteiger charge is -2.18. The van der Waals surface area contributed by atoms with Gasteiger partial charge in [-0.1, -0.05) is 49.7 Å². The van der Waals surface area contributed by atoms with Crippen LogP contribution in [0.4, 0.5) is 0 Å². The van der Waals surface area contributed by atoms with E-state index < -0.39 is 0 Å². The van der Waals surface area contributed by atoms with Crippen molar-refractivity contribution in [3.63, 3.8) is 0 Å². The molecule has 94 valence electrons. The highest BCUT2D eigenvalue weighted by Gasteiger charge is 2.10. The molecular weight excluding hydrogens is 238 g/mol. The van der Waals surface area contributed by atoms with Crippen molar-refractivity contribution in [2.45, 2.75) is 27.2 Å². The molecule has 1 rings (SSSR count). The molecule has 0 spiro atoms. The second kappa shape index (κ2) is 5.92. The Hall–Kier alpha value is -1.22. The zero-order valence-corrected chi connectivity index (χ0v) is 11.2. The van der Waals surface area contributed by atoms with Crippen LogP contribution in [0, 0.1) is 5.41 Å². The first kappa shape index (κ1) is 13.8. The average molecular weight is 256 g/mol. The summed E-state index contributed by atoms with van der Waals surface area (Å²) >= 11 is 5.71. The number of benzene rings is 1. The highest BCUT2D eigenvalue weighted by molar-refractivity contribution is 6.69. The predicted molar refractivity (Wildman–Crippen MR) is 70.2 cm³/mol. The molecule has 0 fully saturated rings. The van der Waals surface area contributed by atoms with E-state index in [4.69, 9.17) is 21.5 Å². The van der Waals surface area contributed by atoms with Crippen molar-refractivity contribution >= 4 is 16.8 Å². The summed E-state index contributed by atoms with van der Waals surface area (Å²) in [6.07, 6.45) is 0.971. The van der Waals surface area contributed by atoms with Crippen LogP contribution < -0.4 is 4.74 Å². The van der Waals surface area contributed by atoms with E-state index in [-0.39, 0.29) is 10.6 Å². The number of nitrogens with zero attached hydrogens (tertiary/aromatic N) is 1. The van der Waals surface area contributed by atoms with Gasteiger partial charge in [0.2, 0.25) is 0 Å². The maximum absolute atomic E-state index is 8.58. The van der Waals surface area contributed by atoms with Crippen molar-refractivity contribution in [2.75, 3.05) is 6.61 Å². The van der Waals surface area contributed by atoms with E-state index in [2.05, 4.69) is 25.9 Å². The lowest BCUT2D eigenvalue weighted by molar-refractivity contribution is 0.243. The molecule has 4 heteroatoms. The molecule has 0 aliphatic heterocycles. The van der Waals surface area contributed by atoms with Gasteiger partial charge in [0.05, 0.1) is 6.61 Å². The highest BCUT2D eigenvalue weighted by Crippen LogP contribution is 2.20. The van der Waals surface area contributed by atoms with Crippen LogP contribution in [0.5, 0.6) is 5.75 Å². The number of ether oxygens (including phenoxy) is 1. The van der Waals surface area contributed by atoms with E-state index >= 15 is 0 Å². The van der Waals surface area contributed by atoms with Crippen molar-refractivity contribution in [1.82, 2.24) is 0 Å². The van der Waals surface area contributed by atoms with Crippen LogP contribution in [-0.4, -0.2) is 17.0 Å². The monoisotopic (exact) mass is 255 g/mol. The van der Waals surface area contributed by atoms with Gasteiger partial charge in [-0.15, -0.1) is 0 Å². The van der Waals surface area contributed by atoms with E-state index in [0.717, 1.165) is 12.2 Å². The lowest BCUT2D eigenvalue weighted by Crippen LogP contribution is -2.11. The van der Waals surface area contributed by atoms with E-state index in [1.165, 1.54) is 0 Å². The Bertz CT molecular complexity index is 397. The zero-order chi connectivity index (χ0) is 12.9. The quantitative estimate of drug-likeness (QED) is 0.504. The van der Waals surface area contributed by atoms with Crippen molar-refractivity contribution in [3.8, 4) is 5.75 Å². The molecular formula is C13H18ClNO2. The van der Waals surface area contributed by atoms with Crippen molar-refractivity contribution < 1.29 is 9.94 Å². The number of rotatable bonds is 4. The number of halogens is 1. The van der Waals surface area contributed by atoms with Gasteiger partial charge in [-0.2, -0.15) is 0 Å². The minimum Gasteiger partial charge on any atom is -0.494 e. The first-order valence-corrected chi connectivity index (χ1v) is 5.91. The molecule has 1 aromatic rings. The van der Waals surface area contributed by atoms with Gasteiger partial charge in [-0.3, -0.25) is 0 Å². The largest absolute Gasteiger partial charge is 0.494 e. The van der Waals surface area contributed by atoms with Crippen LogP contribution in [0.1, 0.15) is 32.8 Å². The fourth-order valence-electron chi connectivity index (χ4n) is 1.25. The molecule has 0 aliphatic carbocycles. The van der Waals surface area contributed by atoms with Gasteiger partial charge >= 0.3 is 0 Å². The fourth-order valence-corrected chi connectivity index (χ4v) is 1.36. The van der Waals surface area contributed by atoms with Crippen molar-refractivity contribution in [3.05, 3.63) is 29.8 Å². The van der Waals surface area contributed by atoms with E-state index in [0.29, 0.717) is 12.2 Å². The van der Waals surface area contributed by atoms with Crippen LogP contribution in [-0.2, 0) is 0 Å². The van der Waals surface area contributed by atoms with Crippen LogP contribution in [0.2, 0.25) is 0 Å². The lowest BCUT2D eigenvalue weighted by atomic mass is 9.93. The topological polar surface area (TPSA) is 41.8 Å².